The highest BCUT2D eigenvalue weighted by Crippen LogP contribution is 2.17. The third-order valence-electron chi connectivity index (χ3n) is 1.46. The minimum atomic E-state index is -0.530. The summed E-state index contributed by atoms with van der Waals surface area (Å²) in [6.45, 7) is -0.340. The maximum absolute atomic E-state index is 10.8. The largest absolute Gasteiger partial charge is 0.366 e. The molecule has 63 valence electrons. The van der Waals surface area contributed by atoms with E-state index in [2.05, 4.69) is 15.9 Å². The maximum atomic E-state index is 10.8. The molecular weight excluding hydrogens is 222 g/mol. The number of hydrogen-bond acceptors (Lipinski definition) is 1. The lowest BCUT2D eigenvalue weighted by molar-refractivity contribution is 0.0999. The van der Waals surface area contributed by atoms with Crippen LogP contribution in [0.25, 0.3) is 0 Å². The first-order valence-electron chi connectivity index (χ1n) is 3.31. The number of nitrogens with two attached hydrogens (primary N) is 1. The molecule has 0 unspecified atom stereocenters. The van der Waals surface area contributed by atoms with Gasteiger partial charge < -0.3 is 5.73 Å². The van der Waals surface area contributed by atoms with Crippen molar-refractivity contribution in [1.29, 1.82) is 0 Å². The summed E-state index contributed by atoms with van der Waals surface area (Å²) in [4.78, 5) is 10.8. The topological polar surface area (TPSA) is 63.0 Å². The number of carbonyl (C=O) groups is 1. The van der Waals surface area contributed by atoms with E-state index in [-0.39, 0.29) is 6.61 Å². The first kappa shape index (κ1) is 9.22. The molecule has 0 spiro atoms. The summed E-state index contributed by atoms with van der Waals surface area (Å²) in [5.74, 6) is -0.530. The Kier molecular flexibility index (Phi) is 2.83. The predicted octanol–water partition coefficient (Wildman–Crippen LogP) is 1.48. The van der Waals surface area contributed by atoms with E-state index in [1.807, 2.05) is 0 Å². The number of halogens is 1. The normalized spacial score (nSPS) is 9.83. The fourth-order valence-electron chi connectivity index (χ4n) is 0.851. The fraction of sp³-hybridized carbons (Fsp3) is 0.125. The lowest BCUT2D eigenvalue weighted by Gasteiger charge is -2.01. The number of primary amides is 1. The van der Waals surface area contributed by atoms with Crippen LogP contribution in [-0.4, -0.2) is 5.91 Å². The van der Waals surface area contributed by atoms with E-state index < -0.39 is 5.91 Å². The Morgan fingerprint density at radius 3 is 2.67 bits per heavy atom. The number of carbonyl (C=O) groups excluding carboxylic acids is 1. The van der Waals surface area contributed by atoms with Crippen molar-refractivity contribution in [3.63, 3.8) is 0 Å². The van der Waals surface area contributed by atoms with Crippen molar-refractivity contribution in [1.82, 2.24) is 0 Å². The molecule has 3 nitrogen and oxygen atoms in total. The zero-order chi connectivity index (χ0) is 9.14. The van der Waals surface area contributed by atoms with E-state index >= 15 is 0 Å². The summed E-state index contributed by atoms with van der Waals surface area (Å²) in [7, 11) is 0. The van der Waals surface area contributed by atoms with Gasteiger partial charge in [-0.2, -0.15) is 0 Å². The molecule has 0 aromatic heterocycles. The first-order valence-corrected chi connectivity index (χ1v) is 4.11. The number of rotatable bonds is 2. The molecule has 1 aromatic rings. The quantitative estimate of drug-likeness (QED) is 0.819. The highest BCUT2D eigenvalue weighted by molar-refractivity contribution is 9.10. The monoisotopic (exact) mass is 228 g/mol. The van der Waals surface area contributed by atoms with Crippen LogP contribution in [0.3, 0.4) is 0 Å². The second kappa shape index (κ2) is 3.69. The Hall–Kier alpha value is -0.870. The first-order chi connectivity index (χ1) is 5.65. The summed E-state index contributed by atoms with van der Waals surface area (Å²) < 4.78 is 0.618. The van der Waals surface area contributed by atoms with Crippen molar-refractivity contribution in [2.24, 2.45) is 5.73 Å². The van der Waals surface area contributed by atoms with Gasteiger partial charge >= 0.3 is 0 Å². The predicted molar refractivity (Wildman–Crippen MR) is 47.1 cm³/mol. The van der Waals surface area contributed by atoms with Gasteiger partial charge in [-0.25, -0.2) is 5.11 Å². The van der Waals surface area contributed by atoms with E-state index in [0.717, 1.165) is 0 Å². The van der Waals surface area contributed by atoms with Crippen LogP contribution in [0, 0.1) is 0 Å². The Labute approximate surface area is 78.3 Å². The van der Waals surface area contributed by atoms with Crippen LogP contribution in [0.1, 0.15) is 15.9 Å². The number of benzene rings is 1. The summed E-state index contributed by atoms with van der Waals surface area (Å²) >= 11 is 3.16. The fourth-order valence-corrected chi connectivity index (χ4v) is 1.29. The van der Waals surface area contributed by atoms with Gasteiger partial charge in [-0.05, 0) is 33.6 Å². The second-order valence-electron chi connectivity index (χ2n) is 2.32. The smallest absolute Gasteiger partial charge is 0.249 e. The van der Waals surface area contributed by atoms with Gasteiger partial charge in [0.15, 0.2) is 0 Å². The highest BCUT2D eigenvalue weighted by atomic mass is 79.9. The molecule has 1 radical (unpaired) electrons. The van der Waals surface area contributed by atoms with Crippen LogP contribution in [0.5, 0.6) is 0 Å². The molecule has 0 aliphatic carbocycles. The molecule has 0 saturated heterocycles. The third-order valence-corrected chi connectivity index (χ3v) is 2.15. The summed E-state index contributed by atoms with van der Waals surface area (Å²) in [6, 6.07) is 4.80. The maximum Gasteiger partial charge on any atom is 0.249 e. The van der Waals surface area contributed by atoms with E-state index in [4.69, 9.17) is 5.73 Å². The summed E-state index contributed by atoms with van der Waals surface area (Å²) in [5, 5.41) is 10.5. The number of amides is 1. The van der Waals surface area contributed by atoms with Crippen molar-refractivity contribution < 1.29 is 9.90 Å². The lowest BCUT2D eigenvalue weighted by Crippen LogP contribution is -2.12. The van der Waals surface area contributed by atoms with Gasteiger partial charge in [-0.15, -0.1) is 0 Å². The van der Waals surface area contributed by atoms with E-state index in [1.54, 1.807) is 12.1 Å². The molecule has 4 heteroatoms. The van der Waals surface area contributed by atoms with Crippen molar-refractivity contribution in [2.45, 2.75) is 6.61 Å². The highest BCUT2D eigenvalue weighted by Gasteiger charge is 2.06. The molecule has 0 bridgehead atoms. The minimum Gasteiger partial charge on any atom is -0.366 e. The Balaban J connectivity index is 3.17. The van der Waals surface area contributed by atoms with E-state index in [1.165, 1.54) is 6.07 Å². The molecule has 1 rings (SSSR count). The third kappa shape index (κ3) is 1.84. The van der Waals surface area contributed by atoms with Crippen LogP contribution >= 0.6 is 15.9 Å². The van der Waals surface area contributed by atoms with Gasteiger partial charge in [0, 0.05) is 4.47 Å². The molecule has 0 fully saturated rings. The lowest BCUT2D eigenvalue weighted by atomic mass is 10.1. The van der Waals surface area contributed by atoms with Gasteiger partial charge in [0.05, 0.1) is 5.56 Å². The molecule has 0 aliphatic heterocycles. The molecule has 0 aliphatic rings. The zero-order valence-electron chi connectivity index (χ0n) is 6.21. The summed E-state index contributed by atoms with van der Waals surface area (Å²) in [6.07, 6.45) is 0. The SMILES string of the molecule is NC(=O)c1cc(C[O])ccc1Br. The molecule has 0 heterocycles. The molecule has 0 atom stereocenters. The Morgan fingerprint density at radius 1 is 1.50 bits per heavy atom. The average Bonchev–Trinajstić information content (AvgIpc) is 2.05. The molecular formula is C8H7BrNO2. The molecule has 2 N–H and O–H groups in total. The molecule has 1 aromatic carbocycles. The standard InChI is InChI=1S/C8H7BrNO2/c9-7-2-1-5(4-11)3-6(7)8(10)12/h1-3H,4H2,(H2,10,12). The van der Waals surface area contributed by atoms with Crippen LogP contribution in [-0.2, 0) is 11.7 Å². The zero-order valence-corrected chi connectivity index (χ0v) is 7.80. The Bertz CT molecular complexity index is 312. The minimum absolute atomic E-state index is 0.340. The van der Waals surface area contributed by atoms with Gasteiger partial charge in [-0.1, -0.05) is 6.07 Å². The average molecular weight is 229 g/mol. The van der Waals surface area contributed by atoms with Crippen LogP contribution in [0.4, 0.5) is 0 Å². The van der Waals surface area contributed by atoms with Crippen molar-refractivity contribution in [3.05, 3.63) is 33.8 Å². The van der Waals surface area contributed by atoms with Gasteiger partial charge in [0.1, 0.15) is 6.61 Å². The van der Waals surface area contributed by atoms with Crippen molar-refractivity contribution in [3.8, 4) is 0 Å². The van der Waals surface area contributed by atoms with E-state index in [0.29, 0.717) is 15.6 Å². The van der Waals surface area contributed by atoms with Crippen molar-refractivity contribution >= 4 is 21.8 Å². The number of hydrogen-bond donors (Lipinski definition) is 1. The van der Waals surface area contributed by atoms with Gasteiger partial charge in [0.25, 0.3) is 0 Å². The van der Waals surface area contributed by atoms with Gasteiger partial charge in [0.2, 0.25) is 5.91 Å². The molecule has 1 amide bonds. The van der Waals surface area contributed by atoms with E-state index in [9.17, 15) is 9.90 Å². The Morgan fingerprint density at radius 2 is 2.17 bits per heavy atom. The molecule has 12 heavy (non-hydrogen) atoms. The van der Waals surface area contributed by atoms with Crippen molar-refractivity contribution in [2.75, 3.05) is 0 Å². The summed E-state index contributed by atoms with van der Waals surface area (Å²) in [5.41, 5.74) is 5.98. The van der Waals surface area contributed by atoms with Gasteiger partial charge in [-0.3, -0.25) is 4.79 Å². The van der Waals surface area contributed by atoms with Crippen LogP contribution in [0.2, 0.25) is 0 Å². The second-order valence-corrected chi connectivity index (χ2v) is 3.18. The van der Waals surface area contributed by atoms with Crippen LogP contribution < -0.4 is 5.73 Å². The molecule has 0 saturated carbocycles. The van der Waals surface area contributed by atoms with Crippen LogP contribution in [0.15, 0.2) is 22.7 Å².